The van der Waals surface area contributed by atoms with Crippen LogP contribution < -0.4 is 22.9 Å². The van der Waals surface area contributed by atoms with E-state index >= 15 is 4.79 Å². The summed E-state index contributed by atoms with van der Waals surface area (Å²) in [5.41, 5.74) is 19.4. The summed E-state index contributed by atoms with van der Waals surface area (Å²) in [7, 11) is 0. The zero-order valence-electron chi connectivity index (χ0n) is 39.0. The minimum absolute atomic E-state index is 0.0330. The van der Waals surface area contributed by atoms with Crippen molar-refractivity contribution in [1.82, 2.24) is 4.90 Å². The molecule has 11 N–H and O–H groups in total. The largest absolute Gasteiger partial charge is 0.394 e. The first-order valence-electron chi connectivity index (χ1n) is 24.4. The average Bonchev–Trinajstić information content (AvgIpc) is 3.24. The number of ketones is 3. The number of ether oxygens (including phenoxy) is 1. The van der Waals surface area contributed by atoms with E-state index < -0.39 is 78.1 Å². The van der Waals surface area contributed by atoms with Crippen molar-refractivity contribution < 1.29 is 39.2 Å². The van der Waals surface area contributed by atoms with Crippen LogP contribution >= 0.6 is 0 Å². The molecule has 0 aliphatic carbocycles. The standard InChI is InChI=1S/C48H91N5O8/c1-5-7-9-11-13-15-17-19-20-21-22-24-26-28-30-32-41(56)53(33-31-29-27-25-23-18-16-14-12-10-8-6-2)48(44(58)38(50)34-37(3)4)47(52,45(59)42(51)39(55)35-49)46(60)43(57)40(36-54)61-48/h19-20,37-38,40,42-43,46,54,57,60H,5-18,21-36,49-52H2,1-4H3/b20-19-/t38-,40+,42?,43+,46-,47+,48+/m0/s1. The van der Waals surface area contributed by atoms with Crippen LogP contribution in [0.2, 0.25) is 0 Å². The molecule has 1 fully saturated rings. The van der Waals surface area contributed by atoms with Gasteiger partial charge in [-0.25, -0.2) is 0 Å². The Hall–Kier alpha value is -2.10. The highest BCUT2D eigenvalue weighted by molar-refractivity contribution is 6.15. The fourth-order valence-electron chi connectivity index (χ4n) is 8.65. The summed E-state index contributed by atoms with van der Waals surface area (Å²) in [6.07, 6.45) is 25.2. The summed E-state index contributed by atoms with van der Waals surface area (Å²) < 4.78 is 6.31. The molecule has 0 aromatic carbocycles. The Kier molecular flexibility index (Phi) is 30.4. The van der Waals surface area contributed by atoms with Crippen molar-refractivity contribution in [1.29, 1.82) is 0 Å². The zero-order chi connectivity index (χ0) is 45.7. The molecule has 1 aliphatic rings. The van der Waals surface area contributed by atoms with E-state index in [1.165, 1.54) is 77.0 Å². The molecule has 0 saturated carbocycles. The molecule has 13 nitrogen and oxygen atoms in total. The van der Waals surface area contributed by atoms with Crippen molar-refractivity contribution in [3.05, 3.63) is 12.2 Å². The molecule has 0 radical (unpaired) electrons. The molecule has 0 aromatic heterocycles. The number of hydrogen-bond donors (Lipinski definition) is 7. The van der Waals surface area contributed by atoms with Crippen LogP contribution in [0, 0.1) is 5.92 Å². The Labute approximate surface area is 369 Å². The number of carbonyl (C=O) groups excluding carboxylic acids is 4. The fourth-order valence-corrected chi connectivity index (χ4v) is 8.65. The summed E-state index contributed by atoms with van der Waals surface area (Å²) in [4.78, 5) is 58.1. The molecule has 7 atom stereocenters. The molecular formula is C48H91N5O8. The number of carbonyl (C=O) groups is 4. The Morgan fingerprint density at radius 2 is 1.13 bits per heavy atom. The minimum Gasteiger partial charge on any atom is -0.394 e. The van der Waals surface area contributed by atoms with Crippen LogP contribution in [-0.2, 0) is 23.9 Å². The van der Waals surface area contributed by atoms with E-state index in [0.29, 0.717) is 19.3 Å². The van der Waals surface area contributed by atoms with Gasteiger partial charge in [0.15, 0.2) is 17.1 Å². The number of allylic oxidation sites excluding steroid dienone is 2. The molecule has 1 saturated heterocycles. The lowest BCUT2D eigenvalue weighted by Gasteiger charge is -2.59. The van der Waals surface area contributed by atoms with Crippen LogP contribution in [-0.4, -0.2) is 105 Å². The Bertz CT molecular complexity index is 1250. The van der Waals surface area contributed by atoms with Crippen molar-refractivity contribution in [2.24, 2.45) is 28.9 Å². The number of unbranched alkanes of at least 4 members (excludes halogenated alkanes) is 22. The van der Waals surface area contributed by atoms with Crippen molar-refractivity contribution >= 4 is 23.3 Å². The van der Waals surface area contributed by atoms with Gasteiger partial charge in [-0.1, -0.05) is 162 Å². The molecule has 1 unspecified atom stereocenters. The molecule has 1 aliphatic heterocycles. The van der Waals surface area contributed by atoms with Crippen LogP contribution in [0.25, 0.3) is 0 Å². The van der Waals surface area contributed by atoms with Gasteiger partial charge in [0.05, 0.1) is 19.2 Å². The van der Waals surface area contributed by atoms with E-state index in [-0.39, 0.29) is 25.3 Å². The lowest BCUT2D eigenvalue weighted by molar-refractivity contribution is -0.288. The molecule has 1 heterocycles. The quantitative estimate of drug-likeness (QED) is 0.0202. The summed E-state index contributed by atoms with van der Waals surface area (Å²) in [5, 5.41) is 33.4. The molecule has 61 heavy (non-hydrogen) atoms. The predicted molar refractivity (Wildman–Crippen MR) is 245 cm³/mol. The Morgan fingerprint density at radius 1 is 0.689 bits per heavy atom. The van der Waals surface area contributed by atoms with E-state index in [4.69, 9.17) is 27.7 Å². The lowest BCUT2D eigenvalue weighted by Crippen LogP contribution is -2.89. The highest BCUT2D eigenvalue weighted by Gasteiger charge is 2.73. The van der Waals surface area contributed by atoms with Gasteiger partial charge in [0.2, 0.25) is 17.4 Å². The molecular weight excluding hydrogens is 775 g/mol. The van der Waals surface area contributed by atoms with Gasteiger partial charge in [-0.15, -0.1) is 0 Å². The first-order valence-corrected chi connectivity index (χ1v) is 24.4. The van der Waals surface area contributed by atoms with Crippen molar-refractivity contribution in [3.8, 4) is 0 Å². The summed E-state index contributed by atoms with van der Waals surface area (Å²) in [6, 6.07) is -3.37. The molecule has 0 aromatic rings. The van der Waals surface area contributed by atoms with Crippen molar-refractivity contribution in [2.45, 2.75) is 243 Å². The number of amides is 1. The summed E-state index contributed by atoms with van der Waals surface area (Å²) in [6.45, 7) is 6.49. The smallest absolute Gasteiger partial charge is 0.233 e. The second-order valence-electron chi connectivity index (χ2n) is 18.2. The van der Waals surface area contributed by atoms with Gasteiger partial charge in [-0.2, -0.15) is 0 Å². The normalized spacial score (nSPS) is 22.8. The maximum Gasteiger partial charge on any atom is 0.233 e. The van der Waals surface area contributed by atoms with Crippen molar-refractivity contribution in [2.75, 3.05) is 19.7 Å². The van der Waals surface area contributed by atoms with Crippen LogP contribution in [0.1, 0.15) is 201 Å². The number of rotatable bonds is 38. The van der Waals surface area contributed by atoms with Crippen LogP contribution in [0.4, 0.5) is 0 Å². The third-order valence-corrected chi connectivity index (χ3v) is 12.4. The average molecular weight is 866 g/mol. The number of Topliss-reactive ketones (excluding diaryl/α,β-unsaturated/α-hetero) is 3. The third-order valence-electron chi connectivity index (χ3n) is 12.4. The SMILES string of the molecule is CCCCCCCC/C=C\CCCCCCCC(=O)N(CCCCCCCCCCCCCC)[C@]1(C(=O)[C@@H](N)CC(C)C)O[C@H](CO)[C@@H](O)[C@H](O)[C@]1(N)C(=O)C(N)C(=O)CN. The van der Waals surface area contributed by atoms with Gasteiger partial charge in [0, 0.05) is 13.0 Å². The summed E-state index contributed by atoms with van der Waals surface area (Å²) >= 11 is 0. The highest BCUT2D eigenvalue weighted by atomic mass is 16.6. The van der Waals surface area contributed by atoms with Gasteiger partial charge >= 0.3 is 0 Å². The van der Waals surface area contributed by atoms with Gasteiger partial charge in [-0.05, 0) is 50.9 Å². The second-order valence-corrected chi connectivity index (χ2v) is 18.2. The van der Waals surface area contributed by atoms with Crippen LogP contribution in [0.15, 0.2) is 12.2 Å². The number of aliphatic hydroxyl groups is 3. The van der Waals surface area contributed by atoms with E-state index in [1.807, 2.05) is 13.8 Å². The summed E-state index contributed by atoms with van der Waals surface area (Å²) in [5.74, 6) is -3.92. The van der Waals surface area contributed by atoms with Crippen molar-refractivity contribution in [3.63, 3.8) is 0 Å². The van der Waals surface area contributed by atoms with E-state index in [1.54, 1.807) is 0 Å². The van der Waals surface area contributed by atoms with Gasteiger partial charge in [0.1, 0.15) is 24.4 Å². The van der Waals surface area contributed by atoms with E-state index in [0.717, 1.165) is 69.1 Å². The number of hydrogen-bond acceptors (Lipinski definition) is 12. The second kappa shape index (κ2) is 32.5. The number of aliphatic hydroxyl groups excluding tert-OH is 3. The van der Waals surface area contributed by atoms with Gasteiger partial charge < -0.3 is 47.9 Å². The van der Waals surface area contributed by atoms with Crippen LogP contribution in [0.5, 0.6) is 0 Å². The Morgan fingerprint density at radius 3 is 1.57 bits per heavy atom. The van der Waals surface area contributed by atoms with E-state index in [9.17, 15) is 29.7 Å². The third kappa shape index (κ3) is 18.5. The van der Waals surface area contributed by atoms with Gasteiger partial charge in [-0.3, -0.25) is 19.2 Å². The minimum atomic E-state index is -2.97. The molecule has 0 spiro atoms. The molecule has 13 heteroatoms. The fraction of sp³-hybridized carbons (Fsp3) is 0.875. The molecule has 1 amide bonds. The number of nitrogens with zero attached hydrogens (tertiary/aromatic N) is 1. The topological polar surface area (TPSA) is 246 Å². The molecule has 1 rings (SSSR count). The zero-order valence-corrected chi connectivity index (χ0v) is 39.0. The van der Waals surface area contributed by atoms with E-state index in [2.05, 4.69) is 26.0 Å². The molecule has 0 bridgehead atoms. The van der Waals surface area contributed by atoms with Crippen LogP contribution in [0.3, 0.4) is 0 Å². The van der Waals surface area contributed by atoms with Gasteiger partial charge in [0.25, 0.3) is 0 Å². The molecule has 356 valence electrons. The first-order chi connectivity index (χ1) is 29.2. The maximum absolute atomic E-state index is 15.0. The monoisotopic (exact) mass is 866 g/mol. The maximum atomic E-state index is 15.0. The first kappa shape index (κ1) is 56.9. The predicted octanol–water partition coefficient (Wildman–Crippen LogP) is 6.43. The highest BCUT2D eigenvalue weighted by Crippen LogP contribution is 2.43. The Balaban J connectivity index is 3.36. The number of nitrogens with two attached hydrogens (primary N) is 4. The lowest BCUT2D eigenvalue weighted by atomic mass is 9.66.